The normalized spacial score (nSPS) is 25.2. The van der Waals surface area contributed by atoms with Crippen molar-refractivity contribution in [2.45, 2.75) is 49.6 Å². The number of fused-ring (bicyclic) bond motifs is 1. The minimum Gasteiger partial charge on any atom is -0.360 e. The number of anilines is 2. The fourth-order valence-electron chi connectivity index (χ4n) is 8.25. The minimum atomic E-state index is -0.287. The van der Waals surface area contributed by atoms with Gasteiger partial charge in [0, 0.05) is 57.6 Å². The van der Waals surface area contributed by atoms with Crippen molar-refractivity contribution in [3.05, 3.63) is 83.7 Å². The molecule has 2 amide bonds. The lowest BCUT2D eigenvalue weighted by atomic mass is 9.50. The van der Waals surface area contributed by atoms with Crippen molar-refractivity contribution in [2.75, 3.05) is 31.3 Å². The number of benzene rings is 2. The van der Waals surface area contributed by atoms with Crippen LogP contribution in [-0.4, -0.2) is 63.4 Å². The maximum absolute atomic E-state index is 13.6. The van der Waals surface area contributed by atoms with Crippen LogP contribution in [0, 0.1) is 11.8 Å². The molecular formula is C35H38ClN7O2. The Hall–Kier alpha value is -4.21. The second-order valence-corrected chi connectivity index (χ2v) is 13.9. The standard InChI is InChI=1S/C35H38ClN7O2/c1-43(2)13-5-8-30(44)39-25-11-9-24(10-12-25)32(45)41-34-15-22-14-23(16-34)18-35(17-22,21-34)42-33-38-20-28(36)31(40-33)27-19-37-29-7-4-3-6-26(27)29/h3-12,19-20,22-23,37H,13-18,21H2,1-2H3,(H,39,44)(H,41,45)(H,38,40,42). The summed E-state index contributed by atoms with van der Waals surface area (Å²) in [7, 11) is 3.89. The van der Waals surface area contributed by atoms with Crippen LogP contribution >= 0.6 is 11.6 Å². The van der Waals surface area contributed by atoms with E-state index in [9.17, 15) is 9.59 Å². The van der Waals surface area contributed by atoms with Crippen molar-refractivity contribution in [2.24, 2.45) is 11.8 Å². The molecule has 2 aromatic carbocycles. The molecule has 4 N–H and O–H groups in total. The van der Waals surface area contributed by atoms with Gasteiger partial charge in [-0.1, -0.05) is 35.9 Å². The molecule has 0 aliphatic heterocycles. The maximum Gasteiger partial charge on any atom is 0.251 e. The zero-order valence-electron chi connectivity index (χ0n) is 25.6. The Balaban J connectivity index is 1.06. The molecule has 4 aromatic rings. The second kappa shape index (κ2) is 11.6. The van der Waals surface area contributed by atoms with E-state index in [0.717, 1.165) is 48.6 Å². The van der Waals surface area contributed by atoms with Crippen molar-refractivity contribution in [3.8, 4) is 11.3 Å². The molecule has 0 radical (unpaired) electrons. The van der Waals surface area contributed by atoms with Gasteiger partial charge in [0.25, 0.3) is 5.91 Å². The molecule has 45 heavy (non-hydrogen) atoms. The van der Waals surface area contributed by atoms with Gasteiger partial charge < -0.3 is 25.8 Å². The molecule has 4 aliphatic carbocycles. The van der Waals surface area contributed by atoms with Crippen LogP contribution in [0.25, 0.3) is 22.2 Å². The molecule has 2 atom stereocenters. The van der Waals surface area contributed by atoms with E-state index in [1.165, 1.54) is 12.5 Å². The number of aromatic nitrogens is 3. The van der Waals surface area contributed by atoms with E-state index in [1.807, 2.05) is 49.5 Å². The average molecular weight is 624 g/mol. The Morgan fingerprint density at radius 3 is 2.53 bits per heavy atom. The fraction of sp³-hybridized carbons (Fsp3) is 0.371. The molecule has 0 spiro atoms. The zero-order valence-corrected chi connectivity index (χ0v) is 26.3. The summed E-state index contributed by atoms with van der Waals surface area (Å²) >= 11 is 6.63. The number of carbonyl (C=O) groups is 2. The summed E-state index contributed by atoms with van der Waals surface area (Å²) in [6.45, 7) is 0.686. The number of nitrogens with one attached hydrogen (secondary N) is 4. The van der Waals surface area contributed by atoms with Gasteiger partial charge in [0.05, 0.1) is 16.9 Å². The first kappa shape index (κ1) is 29.5. The Morgan fingerprint density at radius 2 is 1.78 bits per heavy atom. The first-order valence-electron chi connectivity index (χ1n) is 15.6. The molecule has 2 unspecified atom stereocenters. The van der Waals surface area contributed by atoms with Gasteiger partial charge >= 0.3 is 0 Å². The van der Waals surface area contributed by atoms with Crippen molar-refractivity contribution < 1.29 is 9.59 Å². The summed E-state index contributed by atoms with van der Waals surface area (Å²) in [6.07, 6.45) is 13.0. The highest BCUT2D eigenvalue weighted by Crippen LogP contribution is 2.58. The third kappa shape index (κ3) is 6.07. The van der Waals surface area contributed by atoms with E-state index in [4.69, 9.17) is 16.6 Å². The Kier molecular flexibility index (Phi) is 7.61. The number of aromatic amines is 1. The lowest BCUT2D eigenvalue weighted by molar-refractivity contribution is -0.111. The molecule has 4 bridgehead atoms. The van der Waals surface area contributed by atoms with E-state index in [0.29, 0.717) is 46.3 Å². The number of para-hydroxylation sites is 1. The summed E-state index contributed by atoms with van der Waals surface area (Å²) < 4.78 is 0. The van der Waals surface area contributed by atoms with Crippen molar-refractivity contribution >= 4 is 46.0 Å². The number of hydrogen-bond acceptors (Lipinski definition) is 6. The number of amides is 2. The van der Waals surface area contributed by atoms with Crippen LogP contribution in [0.5, 0.6) is 0 Å². The highest BCUT2D eigenvalue weighted by atomic mass is 35.5. The van der Waals surface area contributed by atoms with E-state index >= 15 is 0 Å². The molecule has 9 nitrogen and oxygen atoms in total. The topological polar surface area (TPSA) is 115 Å². The number of nitrogens with zero attached hydrogens (tertiary/aromatic N) is 3. The van der Waals surface area contributed by atoms with E-state index in [-0.39, 0.29) is 22.9 Å². The van der Waals surface area contributed by atoms with Crippen LogP contribution in [0.3, 0.4) is 0 Å². The van der Waals surface area contributed by atoms with Gasteiger partial charge in [-0.05, 0) is 94.8 Å². The molecule has 4 aliphatic rings. The first-order chi connectivity index (χ1) is 21.7. The number of H-pyrrole nitrogens is 1. The first-order valence-corrected chi connectivity index (χ1v) is 16.0. The highest BCUT2D eigenvalue weighted by Gasteiger charge is 2.58. The van der Waals surface area contributed by atoms with Crippen LogP contribution in [0.15, 0.2) is 73.1 Å². The SMILES string of the molecule is CN(C)CC=CC(=O)Nc1ccc(C(=O)NC23CC4CC(C2)CC(Nc2ncc(Cl)c(-c5c[nH]c6ccccc56)n2)(C4)C3)cc1. The molecule has 4 saturated carbocycles. The number of carbonyl (C=O) groups excluding carboxylic acids is 2. The Labute approximate surface area is 267 Å². The maximum atomic E-state index is 13.6. The van der Waals surface area contributed by atoms with E-state index < -0.39 is 0 Å². The number of hydrogen-bond donors (Lipinski definition) is 4. The summed E-state index contributed by atoms with van der Waals surface area (Å²) in [5, 5.41) is 11.6. The van der Waals surface area contributed by atoms with Crippen molar-refractivity contribution in [1.29, 1.82) is 0 Å². The number of halogens is 1. The molecule has 0 saturated heterocycles. The molecule has 8 rings (SSSR count). The average Bonchev–Trinajstić information content (AvgIpc) is 3.41. The predicted octanol–water partition coefficient (Wildman–Crippen LogP) is 6.27. The lowest BCUT2D eigenvalue weighted by Gasteiger charge is -2.62. The van der Waals surface area contributed by atoms with Gasteiger partial charge in [-0.25, -0.2) is 9.97 Å². The lowest BCUT2D eigenvalue weighted by Crippen LogP contribution is -2.67. The van der Waals surface area contributed by atoms with Crippen molar-refractivity contribution in [1.82, 2.24) is 25.2 Å². The van der Waals surface area contributed by atoms with Gasteiger partial charge in [-0.15, -0.1) is 0 Å². The van der Waals surface area contributed by atoms with E-state index in [2.05, 4.69) is 32.0 Å². The fourth-order valence-corrected chi connectivity index (χ4v) is 8.44. The Bertz CT molecular complexity index is 1770. The van der Waals surface area contributed by atoms with Crippen LogP contribution in [0.1, 0.15) is 48.9 Å². The molecule has 232 valence electrons. The second-order valence-electron chi connectivity index (χ2n) is 13.5. The zero-order chi connectivity index (χ0) is 31.2. The van der Waals surface area contributed by atoms with Gasteiger partial charge in [-0.2, -0.15) is 0 Å². The predicted molar refractivity (Wildman–Crippen MR) is 178 cm³/mol. The summed E-state index contributed by atoms with van der Waals surface area (Å²) in [5.41, 5.74) is 3.42. The summed E-state index contributed by atoms with van der Waals surface area (Å²) in [6, 6.07) is 15.2. The van der Waals surface area contributed by atoms with Crippen LogP contribution in [0.2, 0.25) is 5.02 Å². The van der Waals surface area contributed by atoms with Gasteiger partial charge in [0.15, 0.2) is 0 Å². The minimum absolute atomic E-state index is 0.0831. The van der Waals surface area contributed by atoms with Gasteiger partial charge in [0.2, 0.25) is 11.9 Å². The summed E-state index contributed by atoms with van der Waals surface area (Å²) in [5.74, 6) is 1.34. The third-order valence-corrected chi connectivity index (χ3v) is 9.84. The molecule has 2 aromatic heterocycles. The molecular weight excluding hydrogens is 586 g/mol. The Morgan fingerprint density at radius 1 is 1.04 bits per heavy atom. The van der Waals surface area contributed by atoms with Crippen molar-refractivity contribution in [3.63, 3.8) is 0 Å². The number of likely N-dealkylation sites (N-methyl/N-ethyl adjacent to an activating group) is 1. The molecule has 4 fully saturated rings. The third-order valence-electron chi connectivity index (χ3n) is 9.56. The van der Waals surface area contributed by atoms with Crippen LogP contribution in [0.4, 0.5) is 11.6 Å². The van der Waals surface area contributed by atoms with Gasteiger partial charge in [-0.3, -0.25) is 9.59 Å². The van der Waals surface area contributed by atoms with Crippen LogP contribution < -0.4 is 16.0 Å². The molecule has 10 heteroatoms. The highest BCUT2D eigenvalue weighted by molar-refractivity contribution is 6.33. The van der Waals surface area contributed by atoms with Gasteiger partial charge in [0.1, 0.15) is 0 Å². The number of rotatable bonds is 9. The smallest absolute Gasteiger partial charge is 0.251 e. The molecule has 2 heterocycles. The van der Waals surface area contributed by atoms with Crippen LogP contribution in [-0.2, 0) is 4.79 Å². The quantitative estimate of drug-likeness (QED) is 0.163. The van der Waals surface area contributed by atoms with E-state index in [1.54, 1.807) is 30.5 Å². The monoisotopic (exact) mass is 623 g/mol. The largest absolute Gasteiger partial charge is 0.360 e. The summed E-state index contributed by atoms with van der Waals surface area (Å²) in [4.78, 5) is 40.6.